The number of esters is 1. The zero-order chi connectivity index (χ0) is 17.1. The van der Waals surface area contributed by atoms with Gasteiger partial charge in [0.15, 0.2) is 5.65 Å². The molecule has 0 aliphatic rings. The molecule has 0 radical (unpaired) electrons. The number of nitrogens with zero attached hydrogens (tertiary/aromatic N) is 3. The molecule has 0 aliphatic carbocycles. The number of hydrogen-bond acceptors (Lipinski definition) is 6. The number of hydrogen-bond donors (Lipinski definition) is 1. The number of rotatable bonds is 5. The van der Waals surface area contributed by atoms with Gasteiger partial charge in [-0.3, -0.25) is 0 Å². The van der Waals surface area contributed by atoms with Gasteiger partial charge < -0.3 is 9.84 Å². The molecule has 2 heterocycles. The average Bonchev–Trinajstić information content (AvgIpc) is 2.94. The molecule has 0 aliphatic heterocycles. The molecule has 124 valence electrons. The molecule has 6 nitrogen and oxygen atoms in total. The molecule has 8 heteroatoms. The maximum atomic E-state index is 13.3. The van der Waals surface area contributed by atoms with Crippen LogP contribution in [0.2, 0.25) is 0 Å². The monoisotopic (exact) mass is 347 g/mol. The quantitative estimate of drug-likeness (QED) is 0.565. The van der Waals surface area contributed by atoms with E-state index in [4.69, 9.17) is 4.74 Å². The molecule has 0 bridgehead atoms. The number of aromatic nitrogens is 3. The molecular weight excluding hydrogens is 333 g/mol. The fourth-order valence-electron chi connectivity index (χ4n) is 2.17. The van der Waals surface area contributed by atoms with Crippen LogP contribution < -0.4 is 0 Å². The van der Waals surface area contributed by atoms with E-state index in [1.807, 2.05) is 0 Å². The van der Waals surface area contributed by atoms with Gasteiger partial charge in [-0.2, -0.15) is 5.10 Å². The second-order valence-electron chi connectivity index (χ2n) is 4.85. The topological polar surface area (TPSA) is 76.7 Å². The highest BCUT2D eigenvalue weighted by Gasteiger charge is 2.22. The van der Waals surface area contributed by atoms with Crippen molar-refractivity contribution in [2.75, 3.05) is 6.61 Å². The van der Waals surface area contributed by atoms with E-state index in [1.165, 1.54) is 34.5 Å². The van der Waals surface area contributed by atoms with Crippen molar-refractivity contribution in [3.8, 4) is 5.75 Å². The van der Waals surface area contributed by atoms with E-state index in [0.29, 0.717) is 16.2 Å². The summed E-state index contributed by atoms with van der Waals surface area (Å²) in [6, 6.07) is 5.42. The van der Waals surface area contributed by atoms with Gasteiger partial charge in [0.05, 0.1) is 6.61 Å². The van der Waals surface area contributed by atoms with E-state index in [-0.39, 0.29) is 23.7 Å². The van der Waals surface area contributed by atoms with Crippen molar-refractivity contribution < 1.29 is 19.0 Å². The molecular formula is C16H14FN3O3S. The Morgan fingerprint density at radius 2 is 2.29 bits per heavy atom. The third kappa shape index (κ3) is 3.18. The first-order valence-electron chi connectivity index (χ1n) is 7.20. The fraction of sp³-hybridized carbons (Fsp3) is 0.188. The molecule has 0 fully saturated rings. The van der Waals surface area contributed by atoms with Crippen LogP contribution in [0.5, 0.6) is 5.75 Å². The summed E-state index contributed by atoms with van der Waals surface area (Å²) in [5.41, 5.74) is 1.07. The molecule has 0 saturated heterocycles. The van der Waals surface area contributed by atoms with Crippen molar-refractivity contribution in [1.29, 1.82) is 0 Å². The van der Waals surface area contributed by atoms with Crippen LogP contribution in [0.3, 0.4) is 0 Å². The summed E-state index contributed by atoms with van der Waals surface area (Å²) in [7, 11) is 0. The molecule has 3 rings (SSSR count). The molecule has 1 N–H and O–H groups in total. The highest BCUT2D eigenvalue weighted by molar-refractivity contribution is 7.98. The Hall–Kier alpha value is -2.61. The number of carbonyl (C=O) groups excluding carboxylic acids is 1. The number of aromatic hydroxyl groups is 1. The number of halogens is 1. The summed E-state index contributed by atoms with van der Waals surface area (Å²) in [5, 5.41) is 14.5. The molecule has 0 unspecified atom stereocenters. The van der Waals surface area contributed by atoms with Gasteiger partial charge in [-0.05, 0) is 31.2 Å². The predicted molar refractivity (Wildman–Crippen MR) is 86.6 cm³/mol. The van der Waals surface area contributed by atoms with Crippen LogP contribution in [0.1, 0.15) is 22.8 Å². The number of fused-ring (bicyclic) bond motifs is 1. The van der Waals surface area contributed by atoms with Crippen LogP contribution in [0.25, 0.3) is 5.65 Å². The lowest BCUT2D eigenvalue weighted by molar-refractivity contribution is 0.0524. The summed E-state index contributed by atoms with van der Waals surface area (Å²) in [4.78, 5) is 16.4. The van der Waals surface area contributed by atoms with Crippen LogP contribution in [0.15, 0.2) is 41.7 Å². The van der Waals surface area contributed by atoms with E-state index < -0.39 is 11.8 Å². The van der Waals surface area contributed by atoms with Crippen LogP contribution in [0.4, 0.5) is 4.39 Å². The van der Waals surface area contributed by atoms with Crippen LogP contribution in [0, 0.1) is 5.82 Å². The van der Waals surface area contributed by atoms with E-state index in [9.17, 15) is 14.3 Å². The van der Waals surface area contributed by atoms with Crippen molar-refractivity contribution in [2.45, 2.75) is 17.7 Å². The predicted octanol–water partition coefficient (Wildman–Crippen LogP) is 3.04. The maximum absolute atomic E-state index is 13.3. The molecule has 0 amide bonds. The minimum absolute atomic E-state index is 0.0107. The summed E-state index contributed by atoms with van der Waals surface area (Å²) in [5.74, 6) is -0.716. The van der Waals surface area contributed by atoms with Crippen molar-refractivity contribution in [3.05, 3.63) is 53.6 Å². The van der Waals surface area contributed by atoms with Crippen molar-refractivity contribution in [3.63, 3.8) is 0 Å². The number of phenols is 1. The van der Waals surface area contributed by atoms with Gasteiger partial charge in [-0.15, -0.1) is 0 Å². The van der Waals surface area contributed by atoms with Gasteiger partial charge in [0.2, 0.25) is 0 Å². The third-order valence-corrected chi connectivity index (χ3v) is 4.26. The first-order chi connectivity index (χ1) is 11.6. The van der Waals surface area contributed by atoms with Gasteiger partial charge in [0.1, 0.15) is 22.2 Å². The average molecular weight is 347 g/mol. The zero-order valence-electron chi connectivity index (χ0n) is 12.8. The summed E-state index contributed by atoms with van der Waals surface area (Å²) < 4.78 is 19.9. The van der Waals surface area contributed by atoms with Crippen molar-refractivity contribution >= 4 is 23.4 Å². The normalized spacial score (nSPS) is 10.9. The minimum atomic E-state index is -0.517. The number of carbonyl (C=O) groups is 1. The Bertz CT molecular complexity index is 897. The lowest BCUT2D eigenvalue weighted by Gasteiger charge is -2.05. The van der Waals surface area contributed by atoms with Crippen molar-refractivity contribution in [2.24, 2.45) is 0 Å². The molecule has 0 spiro atoms. The molecule has 3 aromatic rings. The Morgan fingerprint density at radius 3 is 3.08 bits per heavy atom. The largest absolute Gasteiger partial charge is 0.508 e. The number of phenolic OH excluding ortho intramolecular Hbond substituents is 1. The highest BCUT2D eigenvalue weighted by Crippen LogP contribution is 2.31. The van der Waals surface area contributed by atoms with Gasteiger partial charge in [-0.1, -0.05) is 11.8 Å². The molecule has 2 aromatic heterocycles. The van der Waals surface area contributed by atoms with Gasteiger partial charge >= 0.3 is 5.97 Å². The number of ether oxygens (including phenoxy) is 1. The number of benzene rings is 1. The lowest BCUT2D eigenvalue weighted by atomic mass is 10.2. The Morgan fingerprint density at radius 1 is 1.46 bits per heavy atom. The first kappa shape index (κ1) is 16.3. The smallest absolute Gasteiger partial charge is 0.344 e. The third-order valence-electron chi connectivity index (χ3n) is 3.25. The van der Waals surface area contributed by atoms with Gasteiger partial charge in [-0.25, -0.2) is 18.7 Å². The maximum Gasteiger partial charge on any atom is 0.344 e. The Kier molecular flexibility index (Phi) is 4.66. The van der Waals surface area contributed by atoms with Gasteiger partial charge in [0, 0.05) is 23.7 Å². The standard InChI is InChI=1S/C16H14FN3O3S/c1-2-23-16(22)13-14-18-6-3-7-20(14)19-15(13)24-9-10-8-11(17)4-5-12(10)21/h3-8,21H,2,9H2,1H3. The van der Waals surface area contributed by atoms with Crippen LogP contribution in [-0.2, 0) is 10.5 Å². The van der Waals surface area contributed by atoms with Crippen LogP contribution >= 0.6 is 11.8 Å². The highest BCUT2D eigenvalue weighted by atomic mass is 32.2. The fourth-order valence-corrected chi connectivity index (χ4v) is 3.15. The van der Waals surface area contributed by atoms with E-state index >= 15 is 0 Å². The molecule has 24 heavy (non-hydrogen) atoms. The van der Waals surface area contributed by atoms with Gasteiger partial charge in [0.25, 0.3) is 0 Å². The summed E-state index contributed by atoms with van der Waals surface area (Å²) >= 11 is 1.20. The van der Waals surface area contributed by atoms with E-state index in [0.717, 1.165) is 0 Å². The lowest BCUT2D eigenvalue weighted by Crippen LogP contribution is -2.06. The van der Waals surface area contributed by atoms with E-state index in [1.54, 1.807) is 25.4 Å². The van der Waals surface area contributed by atoms with Crippen molar-refractivity contribution in [1.82, 2.24) is 14.6 Å². The van der Waals surface area contributed by atoms with E-state index in [2.05, 4.69) is 10.1 Å². The minimum Gasteiger partial charge on any atom is -0.508 e. The summed E-state index contributed by atoms with van der Waals surface area (Å²) in [6.45, 7) is 1.95. The Balaban J connectivity index is 1.95. The zero-order valence-corrected chi connectivity index (χ0v) is 13.6. The second kappa shape index (κ2) is 6.88. The van der Waals surface area contributed by atoms with Crippen LogP contribution in [-0.4, -0.2) is 32.3 Å². The molecule has 0 atom stereocenters. The molecule has 1 aromatic carbocycles. The molecule has 0 saturated carbocycles. The second-order valence-corrected chi connectivity index (χ2v) is 5.81. The first-order valence-corrected chi connectivity index (χ1v) is 8.19. The summed E-state index contributed by atoms with van der Waals surface area (Å²) in [6.07, 6.45) is 3.24. The SMILES string of the molecule is CCOC(=O)c1c(SCc2cc(F)ccc2O)nn2cccnc12. The Labute approximate surface area is 141 Å². The number of thioether (sulfide) groups is 1.